The van der Waals surface area contributed by atoms with Gasteiger partial charge in [0.2, 0.25) is 0 Å². The third kappa shape index (κ3) is 3.01. The van der Waals surface area contributed by atoms with Gasteiger partial charge in [-0.2, -0.15) is 0 Å². The molecule has 0 saturated carbocycles. The second-order valence-electron chi connectivity index (χ2n) is 4.84. The molecule has 1 heterocycles. The number of hydrogen-bond acceptors (Lipinski definition) is 2. The summed E-state index contributed by atoms with van der Waals surface area (Å²) in [4.78, 5) is 2.08. The number of piperazine rings is 1. The fraction of sp³-hybridized carbons (Fsp3) is 0.538. The van der Waals surface area contributed by atoms with Crippen molar-refractivity contribution >= 4 is 0 Å². The SMILES string of the molecule is C[C@@]1(C(F)F)CN(Cc2ccccc2)CCN1. The molecular formula is C13H18F2N2. The van der Waals surface area contributed by atoms with Crippen LogP contribution >= 0.6 is 0 Å². The van der Waals surface area contributed by atoms with Crippen LogP contribution in [0.3, 0.4) is 0 Å². The van der Waals surface area contributed by atoms with Crippen molar-refractivity contribution in [1.29, 1.82) is 0 Å². The summed E-state index contributed by atoms with van der Waals surface area (Å²) in [6.07, 6.45) is -2.33. The Hall–Kier alpha value is -1.00. The summed E-state index contributed by atoms with van der Waals surface area (Å²) in [5.41, 5.74) is 0.0959. The summed E-state index contributed by atoms with van der Waals surface area (Å²) < 4.78 is 25.9. The number of nitrogens with zero attached hydrogens (tertiary/aromatic N) is 1. The molecule has 0 spiro atoms. The van der Waals surface area contributed by atoms with E-state index >= 15 is 0 Å². The van der Waals surface area contributed by atoms with E-state index in [4.69, 9.17) is 0 Å². The van der Waals surface area contributed by atoms with Crippen molar-refractivity contribution < 1.29 is 8.78 Å². The van der Waals surface area contributed by atoms with Gasteiger partial charge in [-0.15, -0.1) is 0 Å². The largest absolute Gasteiger partial charge is 0.304 e. The van der Waals surface area contributed by atoms with Gasteiger partial charge in [-0.3, -0.25) is 4.90 Å². The molecule has 1 saturated heterocycles. The third-order valence-electron chi connectivity index (χ3n) is 3.24. The molecule has 1 aromatic carbocycles. The van der Waals surface area contributed by atoms with E-state index in [1.165, 1.54) is 5.56 Å². The lowest BCUT2D eigenvalue weighted by Gasteiger charge is -2.40. The molecule has 1 N–H and O–H groups in total. The molecule has 1 aliphatic rings. The van der Waals surface area contributed by atoms with E-state index in [9.17, 15) is 8.78 Å². The normalized spacial score (nSPS) is 26.4. The van der Waals surface area contributed by atoms with Crippen molar-refractivity contribution in [2.75, 3.05) is 19.6 Å². The average molecular weight is 240 g/mol. The summed E-state index contributed by atoms with van der Waals surface area (Å²) in [6.45, 7) is 4.16. The van der Waals surface area contributed by atoms with E-state index in [1.807, 2.05) is 30.3 Å². The second-order valence-corrected chi connectivity index (χ2v) is 4.84. The Bertz CT molecular complexity index is 356. The molecule has 1 aliphatic heterocycles. The number of hydrogen-bond donors (Lipinski definition) is 1. The van der Waals surface area contributed by atoms with E-state index in [1.54, 1.807) is 6.92 Å². The van der Waals surface area contributed by atoms with Crippen LogP contribution in [0.4, 0.5) is 8.78 Å². The Morgan fingerprint density at radius 1 is 1.35 bits per heavy atom. The molecule has 17 heavy (non-hydrogen) atoms. The predicted octanol–water partition coefficient (Wildman–Crippen LogP) is 2.12. The summed E-state index contributed by atoms with van der Waals surface area (Å²) in [5.74, 6) is 0. The third-order valence-corrected chi connectivity index (χ3v) is 3.24. The zero-order chi connectivity index (χ0) is 12.3. The van der Waals surface area contributed by atoms with Crippen LogP contribution < -0.4 is 5.32 Å². The maximum Gasteiger partial charge on any atom is 0.257 e. The molecule has 1 fully saturated rings. The van der Waals surface area contributed by atoms with Gasteiger partial charge in [0.05, 0.1) is 5.54 Å². The van der Waals surface area contributed by atoms with Crippen molar-refractivity contribution in [1.82, 2.24) is 10.2 Å². The van der Waals surface area contributed by atoms with Crippen LogP contribution in [0.2, 0.25) is 0 Å². The Morgan fingerprint density at radius 3 is 2.71 bits per heavy atom. The number of benzene rings is 1. The van der Waals surface area contributed by atoms with Gasteiger partial charge in [0.25, 0.3) is 6.43 Å². The van der Waals surface area contributed by atoms with E-state index in [0.29, 0.717) is 13.1 Å². The van der Waals surface area contributed by atoms with Gasteiger partial charge in [0.15, 0.2) is 0 Å². The highest BCUT2D eigenvalue weighted by Crippen LogP contribution is 2.20. The number of nitrogens with one attached hydrogen (secondary N) is 1. The molecule has 0 amide bonds. The highest BCUT2D eigenvalue weighted by molar-refractivity contribution is 5.14. The number of alkyl halides is 2. The molecule has 4 heteroatoms. The lowest BCUT2D eigenvalue weighted by molar-refractivity contribution is -0.00371. The maximum absolute atomic E-state index is 12.9. The Morgan fingerprint density at radius 2 is 2.06 bits per heavy atom. The molecule has 0 radical (unpaired) electrons. The van der Waals surface area contributed by atoms with E-state index < -0.39 is 12.0 Å². The van der Waals surface area contributed by atoms with Crippen molar-refractivity contribution in [3.63, 3.8) is 0 Å². The minimum absolute atomic E-state index is 0.388. The van der Waals surface area contributed by atoms with Crippen LogP contribution in [0.5, 0.6) is 0 Å². The van der Waals surface area contributed by atoms with Gasteiger partial charge in [0.1, 0.15) is 0 Å². The Kier molecular flexibility index (Phi) is 3.74. The van der Waals surface area contributed by atoms with Crippen LogP contribution in [0.15, 0.2) is 30.3 Å². The molecule has 1 atom stereocenters. The standard InChI is InChI=1S/C13H18F2N2/c1-13(12(14)15)10-17(8-7-16-13)9-11-5-3-2-4-6-11/h2-6,12,16H,7-10H2,1H3/t13-/m0/s1. The Balaban J connectivity index is 1.99. The first-order valence-electron chi connectivity index (χ1n) is 5.90. The molecule has 2 rings (SSSR count). The van der Waals surface area contributed by atoms with E-state index in [-0.39, 0.29) is 0 Å². The maximum atomic E-state index is 12.9. The van der Waals surface area contributed by atoms with Gasteiger partial charge in [-0.25, -0.2) is 8.78 Å². The van der Waals surface area contributed by atoms with Gasteiger partial charge in [0, 0.05) is 26.2 Å². The van der Waals surface area contributed by atoms with Gasteiger partial charge in [-0.05, 0) is 12.5 Å². The fourth-order valence-corrected chi connectivity index (χ4v) is 2.22. The molecule has 94 valence electrons. The van der Waals surface area contributed by atoms with Crippen molar-refractivity contribution in [3.05, 3.63) is 35.9 Å². The quantitative estimate of drug-likeness (QED) is 0.870. The van der Waals surface area contributed by atoms with Gasteiger partial charge in [-0.1, -0.05) is 30.3 Å². The van der Waals surface area contributed by atoms with Crippen LogP contribution in [0.25, 0.3) is 0 Å². The summed E-state index contributed by atoms with van der Waals surface area (Å²) in [6, 6.07) is 9.97. The highest BCUT2D eigenvalue weighted by Gasteiger charge is 2.38. The van der Waals surface area contributed by atoms with E-state index in [2.05, 4.69) is 10.2 Å². The first kappa shape index (κ1) is 12.5. The zero-order valence-corrected chi connectivity index (χ0v) is 10.00. The van der Waals surface area contributed by atoms with Crippen LogP contribution in [0.1, 0.15) is 12.5 Å². The molecule has 0 aliphatic carbocycles. The minimum Gasteiger partial charge on any atom is -0.304 e. The van der Waals surface area contributed by atoms with Crippen LogP contribution in [-0.2, 0) is 6.54 Å². The fourth-order valence-electron chi connectivity index (χ4n) is 2.22. The lowest BCUT2D eigenvalue weighted by Crippen LogP contribution is -2.62. The molecule has 0 bridgehead atoms. The zero-order valence-electron chi connectivity index (χ0n) is 10.00. The average Bonchev–Trinajstić information content (AvgIpc) is 2.30. The summed E-state index contributed by atoms with van der Waals surface area (Å²) in [7, 11) is 0. The molecule has 1 aromatic rings. The monoisotopic (exact) mass is 240 g/mol. The molecule has 0 aromatic heterocycles. The molecule has 2 nitrogen and oxygen atoms in total. The van der Waals surface area contributed by atoms with Crippen molar-refractivity contribution in [2.24, 2.45) is 0 Å². The number of halogens is 2. The van der Waals surface area contributed by atoms with Crippen LogP contribution in [0, 0.1) is 0 Å². The Labute approximate surface area is 101 Å². The topological polar surface area (TPSA) is 15.3 Å². The van der Waals surface area contributed by atoms with Crippen molar-refractivity contribution in [2.45, 2.75) is 25.4 Å². The first-order chi connectivity index (χ1) is 8.10. The van der Waals surface area contributed by atoms with Gasteiger partial charge < -0.3 is 5.32 Å². The lowest BCUT2D eigenvalue weighted by atomic mass is 9.99. The second kappa shape index (κ2) is 5.10. The van der Waals surface area contributed by atoms with Crippen LogP contribution in [-0.4, -0.2) is 36.5 Å². The predicted molar refractivity (Wildman–Crippen MR) is 64.1 cm³/mol. The molecular weight excluding hydrogens is 222 g/mol. The van der Waals surface area contributed by atoms with Gasteiger partial charge >= 0.3 is 0 Å². The summed E-state index contributed by atoms with van der Waals surface area (Å²) >= 11 is 0. The summed E-state index contributed by atoms with van der Waals surface area (Å²) in [5, 5.41) is 2.92. The number of rotatable bonds is 3. The molecule has 0 unspecified atom stereocenters. The van der Waals surface area contributed by atoms with Crippen molar-refractivity contribution in [3.8, 4) is 0 Å². The highest BCUT2D eigenvalue weighted by atomic mass is 19.3. The van der Waals surface area contributed by atoms with E-state index in [0.717, 1.165) is 13.1 Å². The smallest absolute Gasteiger partial charge is 0.257 e. The minimum atomic E-state index is -2.33. The first-order valence-corrected chi connectivity index (χ1v) is 5.90.